The van der Waals surface area contributed by atoms with Gasteiger partial charge in [0.05, 0.1) is 0 Å². The van der Waals surface area contributed by atoms with Crippen molar-refractivity contribution >= 4 is 21.7 Å². The monoisotopic (exact) mass is 216 g/mol. The molecular weight excluding hydrogens is 208 g/mol. The van der Waals surface area contributed by atoms with Gasteiger partial charge in [-0.15, -0.1) is 0 Å². The summed E-state index contributed by atoms with van der Waals surface area (Å²) < 4.78 is 0.998. The highest BCUT2D eigenvalue weighted by molar-refractivity contribution is 9.10. The molecule has 0 saturated heterocycles. The van der Waals surface area contributed by atoms with Crippen molar-refractivity contribution in [2.75, 3.05) is 0 Å². The van der Waals surface area contributed by atoms with Crippen molar-refractivity contribution in [3.63, 3.8) is 0 Å². The Balaban J connectivity index is 0.000001000. The van der Waals surface area contributed by atoms with Crippen LogP contribution in [-0.2, 0) is 0 Å². The van der Waals surface area contributed by atoms with Gasteiger partial charge < -0.3 is 5.48 Å². The van der Waals surface area contributed by atoms with Gasteiger partial charge in [-0.1, -0.05) is 28.1 Å². The molecule has 0 aliphatic carbocycles. The number of hydrogen-bond acceptors (Lipinski definition) is 1. The summed E-state index contributed by atoms with van der Waals surface area (Å²) in [5, 5.41) is 0. The molecule has 0 fully saturated rings. The van der Waals surface area contributed by atoms with Crippen molar-refractivity contribution in [2.45, 2.75) is 6.92 Å². The first-order valence-corrected chi connectivity index (χ1v) is 3.76. The fourth-order valence-corrected chi connectivity index (χ4v) is 0.949. The van der Waals surface area contributed by atoms with Crippen LogP contribution in [-0.4, -0.2) is 11.3 Å². The highest BCUT2D eigenvalue weighted by Gasteiger charge is 1.95. The molecule has 60 valence electrons. The molecule has 0 atom stereocenters. The SMILES string of the molecule is CC(=O)c1ccc(Br)cc1.O. The van der Waals surface area contributed by atoms with Crippen LogP contribution in [0.2, 0.25) is 0 Å². The van der Waals surface area contributed by atoms with Crippen LogP contribution in [0, 0.1) is 0 Å². The van der Waals surface area contributed by atoms with E-state index in [0.717, 1.165) is 10.0 Å². The van der Waals surface area contributed by atoms with Gasteiger partial charge in [0.1, 0.15) is 0 Å². The Hall–Kier alpha value is -0.670. The quantitative estimate of drug-likeness (QED) is 0.662. The Bertz CT molecular complexity index is 241. The number of halogens is 1. The van der Waals surface area contributed by atoms with Crippen molar-refractivity contribution in [2.24, 2.45) is 0 Å². The summed E-state index contributed by atoms with van der Waals surface area (Å²) in [6.07, 6.45) is 0. The van der Waals surface area contributed by atoms with E-state index < -0.39 is 0 Å². The Labute approximate surface area is 73.7 Å². The zero-order valence-corrected chi connectivity index (χ0v) is 7.68. The lowest BCUT2D eigenvalue weighted by molar-refractivity contribution is 0.101. The standard InChI is InChI=1S/C8H7BrO.H2O/c1-6(10)7-2-4-8(9)5-3-7;/h2-5H,1H3;1H2. The minimum atomic E-state index is 0. The summed E-state index contributed by atoms with van der Waals surface area (Å²) >= 11 is 3.28. The fraction of sp³-hybridized carbons (Fsp3) is 0.125. The first-order valence-electron chi connectivity index (χ1n) is 2.96. The largest absolute Gasteiger partial charge is 0.412 e. The predicted molar refractivity (Wildman–Crippen MR) is 47.8 cm³/mol. The number of carbonyl (C=O) groups is 1. The van der Waals surface area contributed by atoms with Crippen LogP contribution in [0.4, 0.5) is 0 Å². The molecule has 11 heavy (non-hydrogen) atoms. The number of carbonyl (C=O) groups excluding carboxylic acids is 1. The van der Waals surface area contributed by atoms with Gasteiger partial charge in [-0.3, -0.25) is 4.79 Å². The van der Waals surface area contributed by atoms with E-state index in [1.807, 2.05) is 12.1 Å². The van der Waals surface area contributed by atoms with Crippen LogP contribution in [0.25, 0.3) is 0 Å². The van der Waals surface area contributed by atoms with Gasteiger partial charge in [0.25, 0.3) is 0 Å². The smallest absolute Gasteiger partial charge is 0.159 e. The Morgan fingerprint density at radius 2 is 1.73 bits per heavy atom. The Kier molecular flexibility index (Phi) is 4.00. The Morgan fingerprint density at radius 3 is 2.09 bits per heavy atom. The van der Waals surface area contributed by atoms with Gasteiger partial charge in [0.2, 0.25) is 0 Å². The summed E-state index contributed by atoms with van der Waals surface area (Å²) in [7, 11) is 0. The lowest BCUT2D eigenvalue weighted by atomic mass is 10.2. The molecule has 1 rings (SSSR count). The summed E-state index contributed by atoms with van der Waals surface area (Å²) in [5.41, 5.74) is 0.753. The first-order chi connectivity index (χ1) is 4.70. The molecule has 3 heteroatoms. The molecule has 0 radical (unpaired) electrons. The number of benzene rings is 1. The highest BCUT2D eigenvalue weighted by Crippen LogP contribution is 2.10. The Morgan fingerprint density at radius 1 is 1.27 bits per heavy atom. The average Bonchev–Trinajstić information content (AvgIpc) is 1.88. The molecule has 1 aromatic rings. The van der Waals surface area contributed by atoms with Crippen LogP contribution < -0.4 is 0 Å². The van der Waals surface area contributed by atoms with E-state index in [4.69, 9.17) is 0 Å². The van der Waals surface area contributed by atoms with Crippen LogP contribution in [0.1, 0.15) is 17.3 Å². The van der Waals surface area contributed by atoms with E-state index in [2.05, 4.69) is 15.9 Å². The maximum atomic E-state index is 10.7. The topological polar surface area (TPSA) is 48.6 Å². The lowest BCUT2D eigenvalue weighted by Crippen LogP contribution is -1.89. The molecule has 0 aromatic heterocycles. The van der Waals surface area contributed by atoms with Gasteiger partial charge in [0.15, 0.2) is 5.78 Å². The summed E-state index contributed by atoms with van der Waals surface area (Å²) in [5.74, 6) is 0.104. The second kappa shape index (κ2) is 4.26. The molecule has 0 aliphatic rings. The van der Waals surface area contributed by atoms with Gasteiger partial charge in [0, 0.05) is 10.0 Å². The van der Waals surface area contributed by atoms with Crippen molar-refractivity contribution in [1.82, 2.24) is 0 Å². The maximum absolute atomic E-state index is 10.7. The van der Waals surface area contributed by atoms with Gasteiger partial charge >= 0.3 is 0 Å². The predicted octanol–water partition coefficient (Wildman–Crippen LogP) is 1.83. The van der Waals surface area contributed by atoms with Crippen molar-refractivity contribution in [3.05, 3.63) is 34.3 Å². The first kappa shape index (κ1) is 10.3. The lowest BCUT2D eigenvalue weighted by Gasteiger charge is -1.92. The zero-order valence-electron chi connectivity index (χ0n) is 6.10. The average molecular weight is 217 g/mol. The van der Waals surface area contributed by atoms with E-state index in [-0.39, 0.29) is 11.3 Å². The second-order valence-electron chi connectivity index (χ2n) is 2.06. The minimum Gasteiger partial charge on any atom is -0.412 e. The summed E-state index contributed by atoms with van der Waals surface area (Å²) in [6.45, 7) is 1.56. The molecule has 0 unspecified atom stereocenters. The molecule has 0 spiro atoms. The summed E-state index contributed by atoms with van der Waals surface area (Å²) in [6, 6.07) is 7.31. The molecular formula is C8H9BrO2. The zero-order chi connectivity index (χ0) is 7.56. The minimum absolute atomic E-state index is 0. The van der Waals surface area contributed by atoms with E-state index in [0.29, 0.717) is 0 Å². The van der Waals surface area contributed by atoms with E-state index in [1.165, 1.54) is 0 Å². The molecule has 0 aliphatic heterocycles. The van der Waals surface area contributed by atoms with Crippen LogP contribution in [0.15, 0.2) is 28.7 Å². The van der Waals surface area contributed by atoms with E-state index in [1.54, 1.807) is 19.1 Å². The molecule has 0 heterocycles. The van der Waals surface area contributed by atoms with Crippen LogP contribution >= 0.6 is 15.9 Å². The molecule has 2 nitrogen and oxygen atoms in total. The van der Waals surface area contributed by atoms with Gasteiger partial charge in [-0.05, 0) is 19.1 Å². The number of ketones is 1. The molecule has 0 bridgehead atoms. The third-order valence-electron chi connectivity index (χ3n) is 1.25. The maximum Gasteiger partial charge on any atom is 0.159 e. The molecule has 0 amide bonds. The highest BCUT2D eigenvalue weighted by atomic mass is 79.9. The number of hydrogen-bond donors (Lipinski definition) is 0. The second-order valence-corrected chi connectivity index (χ2v) is 2.98. The molecule has 0 saturated carbocycles. The number of Topliss-reactive ketones (excluding diaryl/α,β-unsaturated/α-hetero) is 1. The number of rotatable bonds is 1. The van der Waals surface area contributed by atoms with Crippen molar-refractivity contribution in [1.29, 1.82) is 0 Å². The van der Waals surface area contributed by atoms with E-state index >= 15 is 0 Å². The van der Waals surface area contributed by atoms with Gasteiger partial charge in [-0.2, -0.15) is 0 Å². The normalized spacial score (nSPS) is 8.55. The molecule has 1 aromatic carbocycles. The van der Waals surface area contributed by atoms with E-state index in [9.17, 15) is 4.79 Å². The van der Waals surface area contributed by atoms with Gasteiger partial charge in [-0.25, -0.2) is 0 Å². The van der Waals surface area contributed by atoms with Crippen LogP contribution in [0.3, 0.4) is 0 Å². The van der Waals surface area contributed by atoms with Crippen LogP contribution in [0.5, 0.6) is 0 Å². The fourth-order valence-electron chi connectivity index (χ4n) is 0.685. The van der Waals surface area contributed by atoms with Crippen molar-refractivity contribution < 1.29 is 10.3 Å². The third kappa shape index (κ3) is 2.82. The summed E-state index contributed by atoms with van der Waals surface area (Å²) in [4.78, 5) is 10.7. The third-order valence-corrected chi connectivity index (χ3v) is 1.78. The van der Waals surface area contributed by atoms with Crippen molar-refractivity contribution in [3.8, 4) is 0 Å². The molecule has 2 N–H and O–H groups in total.